The van der Waals surface area contributed by atoms with Gasteiger partial charge in [-0.25, -0.2) is 8.42 Å². The molecular weight excluding hydrogens is 358 g/mol. The molecule has 27 heavy (non-hydrogen) atoms. The summed E-state index contributed by atoms with van der Waals surface area (Å²) in [6.45, 7) is 6.32. The quantitative estimate of drug-likeness (QED) is 0.720. The normalized spacial score (nSPS) is 12.8. The van der Waals surface area contributed by atoms with Gasteiger partial charge in [0.1, 0.15) is 0 Å². The lowest BCUT2D eigenvalue weighted by atomic mass is 10.0. The molecule has 0 aliphatic heterocycles. The zero-order valence-electron chi connectivity index (χ0n) is 16.8. The van der Waals surface area contributed by atoms with Crippen molar-refractivity contribution < 1.29 is 13.2 Å². The van der Waals surface area contributed by atoms with Crippen LogP contribution in [0.25, 0.3) is 0 Å². The van der Waals surface area contributed by atoms with Crippen molar-refractivity contribution in [1.82, 2.24) is 4.90 Å². The Hall–Kier alpha value is -2.14. The number of carbonyl (C=O) groups is 1. The molecule has 2 rings (SSSR count). The van der Waals surface area contributed by atoms with Crippen LogP contribution in [0.5, 0.6) is 0 Å². The first kappa shape index (κ1) is 21.2. The van der Waals surface area contributed by atoms with Gasteiger partial charge < -0.3 is 4.90 Å². The number of carbonyl (C=O) groups excluding carboxylic acids is 1. The van der Waals surface area contributed by atoms with Crippen LogP contribution in [-0.2, 0) is 27.5 Å². The topological polar surface area (TPSA) is 54.5 Å². The molecule has 1 atom stereocenters. The van der Waals surface area contributed by atoms with Gasteiger partial charge in [0, 0.05) is 13.3 Å². The second kappa shape index (κ2) is 8.70. The summed E-state index contributed by atoms with van der Waals surface area (Å²) in [5.74, 6) is 0.643. The van der Waals surface area contributed by atoms with Crippen molar-refractivity contribution in [2.45, 2.75) is 44.6 Å². The number of nitrogens with zero attached hydrogens (tertiary/aromatic N) is 1. The summed E-state index contributed by atoms with van der Waals surface area (Å²) >= 11 is 0. The van der Waals surface area contributed by atoms with E-state index in [2.05, 4.69) is 26.0 Å². The molecule has 0 aliphatic carbocycles. The van der Waals surface area contributed by atoms with Crippen LogP contribution in [-0.4, -0.2) is 32.5 Å². The van der Waals surface area contributed by atoms with Gasteiger partial charge in [-0.05, 0) is 48.1 Å². The summed E-state index contributed by atoms with van der Waals surface area (Å²) in [5.41, 5.74) is 3.19. The van der Waals surface area contributed by atoms with Gasteiger partial charge in [0.15, 0.2) is 9.84 Å². The van der Waals surface area contributed by atoms with Crippen LogP contribution in [0, 0.1) is 5.92 Å². The average molecular weight is 388 g/mol. The van der Waals surface area contributed by atoms with E-state index in [1.165, 1.54) is 11.8 Å². The molecule has 1 unspecified atom stereocenters. The SMILES string of the molecule is CC(C)Cc1ccc(CC(=O)N(C)C(C)c2ccc(S(C)(=O)=O)cc2)cc1. The van der Waals surface area contributed by atoms with Crippen molar-refractivity contribution in [3.63, 3.8) is 0 Å². The Kier molecular flexibility index (Phi) is 6.82. The highest BCUT2D eigenvalue weighted by Gasteiger charge is 2.18. The molecule has 0 bridgehead atoms. The van der Waals surface area contributed by atoms with Gasteiger partial charge >= 0.3 is 0 Å². The van der Waals surface area contributed by atoms with E-state index in [4.69, 9.17) is 0 Å². The first-order valence-electron chi connectivity index (χ1n) is 9.21. The Balaban J connectivity index is 2.03. The Bertz CT molecular complexity index is 869. The molecule has 5 heteroatoms. The van der Waals surface area contributed by atoms with Crippen LogP contribution >= 0.6 is 0 Å². The maximum atomic E-state index is 12.6. The smallest absolute Gasteiger partial charge is 0.227 e. The van der Waals surface area contributed by atoms with Crippen molar-refractivity contribution in [3.05, 3.63) is 65.2 Å². The number of hydrogen-bond acceptors (Lipinski definition) is 3. The highest BCUT2D eigenvalue weighted by Crippen LogP contribution is 2.22. The maximum absolute atomic E-state index is 12.6. The lowest BCUT2D eigenvalue weighted by Crippen LogP contribution is -2.31. The Labute approximate surface area is 163 Å². The van der Waals surface area contributed by atoms with E-state index in [0.29, 0.717) is 12.3 Å². The van der Waals surface area contributed by atoms with E-state index in [9.17, 15) is 13.2 Å². The molecule has 0 aliphatic rings. The summed E-state index contributed by atoms with van der Waals surface area (Å²) in [6.07, 6.45) is 2.58. The molecule has 2 aromatic rings. The molecule has 1 amide bonds. The maximum Gasteiger partial charge on any atom is 0.227 e. The van der Waals surface area contributed by atoms with E-state index in [0.717, 1.165) is 17.5 Å². The molecule has 2 aromatic carbocycles. The fraction of sp³-hybridized carbons (Fsp3) is 0.409. The number of sulfone groups is 1. The first-order chi connectivity index (χ1) is 12.6. The molecule has 0 fully saturated rings. The van der Waals surface area contributed by atoms with Crippen LogP contribution in [0.2, 0.25) is 0 Å². The zero-order chi connectivity index (χ0) is 20.2. The van der Waals surface area contributed by atoms with Gasteiger partial charge in [-0.3, -0.25) is 4.79 Å². The minimum atomic E-state index is -3.21. The molecule has 0 saturated carbocycles. The fourth-order valence-electron chi connectivity index (χ4n) is 3.00. The second-order valence-corrected chi connectivity index (χ2v) is 9.63. The van der Waals surface area contributed by atoms with Crippen molar-refractivity contribution in [3.8, 4) is 0 Å². The fourth-order valence-corrected chi connectivity index (χ4v) is 3.63. The minimum Gasteiger partial charge on any atom is -0.339 e. The third kappa shape index (κ3) is 5.93. The van der Waals surface area contributed by atoms with Crippen LogP contribution in [0.3, 0.4) is 0 Å². The zero-order valence-corrected chi connectivity index (χ0v) is 17.6. The molecule has 4 nitrogen and oxygen atoms in total. The van der Waals surface area contributed by atoms with E-state index in [1.54, 1.807) is 36.2 Å². The summed E-state index contributed by atoms with van der Waals surface area (Å²) in [4.78, 5) is 14.6. The van der Waals surface area contributed by atoms with Gasteiger partial charge in [-0.2, -0.15) is 0 Å². The summed E-state index contributed by atoms with van der Waals surface area (Å²) in [7, 11) is -1.43. The molecule has 0 radical (unpaired) electrons. The lowest BCUT2D eigenvalue weighted by Gasteiger charge is -2.25. The third-order valence-electron chi connectivity index (χ3n) is 4.79. The van der Waals surface area contributed by atoms with Crippen LogP contribution < -0.4 is 0 Å². The van der Waals surface area contributed by atoms with Crippen molar-refractivity contribution in [2.24, 2.45) is 5.92 Å². The van der Waals surface area contributed by atoms with Gasteiger partial charge in [-0.1, -0.05) is 50.2 Å². The largest absolute Gasteiger partial charge is 0.339 e. The van der Waals surface area contributed by atoms with Gasteiger partial charge in [0.2, 0.25) is 5.91 Å². The van der Waals surface area contributed by atoms with E-state index in [-0.39, 0.29) is 16.8 Å². The van der Waals surface area contributed by atoms with Crippen LogP contribution in [0.15, 0.2) is 53.4 Å². The molecule has 0 heterocycles. The van der Waals surface area contributed by atoms with Crippen LogP contribution in [0.1, 0.15) is 43.5 Å². The Morgan fingerprint density at radius 3 is 1.93 bits per heavy atom. The minimum absolute atomic E-state index is 0.0336. The lowest BCUT2D eigenvalue weighted by molar-refractivity contribution is -0.131. The van der Waals surface area contributed by atoms with Crippen molar-refractivity contribution in [1.29, 1.82) is 0 Å². The monoisotopic (exact) mass is 387 g/mol. The van der Waals surface area contributed by atoms with Crippen LogP contribution in [0.4, 0.5) is 0 Å². The molecule has 0 saturated heterocycles. The van der Waals surface area contributed by atoms with Crippen molar-refractivity contribution >= 4 is 15.7 Å². The molecule has 146 valence electrons. The number of amides is 1. The van der Waals surface area contributed by atoms with E-state index < -0.39 is 9.84 Å². The predicted octanol–water partition coefficient (Wildman–Crippen LogP) is 4.05. The average Bonchev–Trinajstić information content (AvgIpc) is 2.61. The van der Waals surface area contributed by atoms with Crippen molar-refractivity contribution in [2.75, 3.05) is 13.3 Å². The highest BCUT2D eigenvalue weighted by atomic mass is 32.2. The van der Waals surface area contributed by atoms with E-state index >= 15 is 0 Å². The second-order valence-electron chi connectivity index (χ2n) is 7.61. The Morgan fingerprint density at radius 1 is 0.926 bits per heavy atom. The summed E-state index contributed by atoms with van der Waals surface area (Å²) in [6, 6.07) is 14.8. The van der Waals surface area contributed by atoms with E-state index in [1.807, 2.05) is 19.1 Å². The number of benzene rings is 2. The molecular formula is C22H29NO3S. The highest BCUT2D eigenvalue weighted by molar-refractivity contribution is 7.90. The predicted molar refractivity (Wildman–Crippen MR) is 109 cm³/mol. The molecule has 0 aromatic heterocycles. The van der Waals surface area contributed by atoms with Gasteiger partial charge in [-0.15, -0.1) is 0 Å². The number of rotatable bonds is 7. The summed E-state index contributed by atoms with van der Waals surface area (Å²) < 4.78 is 23.2. The van der Waals surface area contributed by atoms with Gasteiger partial charge in [0.25, 0.3) is 0 Å². The standard InChI is InChI=1S/C22H29NO3S/c1-16(2)14-18-6-8-19(9-7-18)15-22(24)23(4)17(3)20-10-12-21(13-11-20)27(5,25)26/h6-13,16-17H,14-15H2,1-5H3. The Morgan fingerprint density at radius 2 is 1.44 bits per heavy atom. The molecule has 0 N–H and O–H groups in total. The third-order valence-corrected chi connectivity index (χ3v) is 5.92. The number of hydrogen-bond donors (Lipinski definition) is 0. The summed E-state index contributed by atoms with van der Waals surface area (Å²) in [5, 5.41) is 0. The first-order valence-corrected chi connectivity index (χ1v) is 11.1. The molecule has 0 spiro atoms. The number of likely N-dealkylation sites (N-methyl/N-ethyl adjacent to an activating group) is 1. The van der Waals surface area contributed by atoms with Gasteiger partial charge in [0.05, 0.1) is 17.4 Å².